The van der Waals surface area contributed by atoms with E-state index >= 15 is 0 Å². The van der Waals surface area contributed by atoms with Gasteiger partial charge in [0.25, 0.3) is 0 Å². The van der Waals surface area contributed by atoms with Crippen LogP contribution in [0.3, 0.4) is 0 Å². The molecule has 0 radical (unpaired) electrons. The highest BCUT2D eigenvalue weighted by Crippen LogP contribution is 2.26. The molecule has 0 saturated heterocycles. The molecular weight excluding hydrogens is 376 g/mol. The van der Waals surface area contributed by atoms with Crippen molar-refractivity contribution in [2.24, 2.45) is 0 Å². The minimum atomic E-state index is -3.90. The van der Waals surface area contributed by atoms with Gasteiger partial charge in [0.05, 0.1) is 29.1 Å². The van der Waals surface area contributed by atoms with Gasteiger partial charge in [-0.3, -0.25) is 4.79 Å². The Morgan fingerprint density at radius 1 is 1.12 bits per heavy atom. The molecule has 1 amide bonds. The van der Waals surface area contributed by atoms with E-state index in [1.54, 1.807) is 0 Å². The van der Waals surface area contributed by atoms with Crippen LogP contribution in [0.15, 0.2) is 53.4 Å². The molecule has 2 aromatic carbocycles. The summed E-state index contributed by atoms with van der Waals surface area (Å²) in [5, 5.41) is 2.96. The lowest BCUT2D eigenvalue weighted by Crippen LogP contribution is -2.45. The van der Waals surface area contributed by atoms with Crippen molar-refractivity contribution in [3.8, 4) is 5.75 Å². The van der Waals surface area contributed by atoms with Crippen molar-refractivity contribution in [2.75, 3.05) is 7.11 Å². The number of carbonyl (C=O) groups excluding carboxylic acids is 1. The zero-order valence-corrected chi connectivity index (χ0v) is 16.3. The summed E-state index contributed by atoms with van der Waals surface area (Å²) in [5.74, 6) is -0.0577. The number of sulfonamides is 1. The van der Waals surface area contributed by atoms with Crippen LogP contribution in [0.25, 0.3) is 0 Å². The van der Waals surface area contributed by atoms with Crippen LogP contribution in [0, 0.1) is 0 Å². The first-order valence-corrected chi connectivity index (χ1v) is 9.82. The highest BCUT2D eigenvalue weighted by molar-refractivity contribution is 7.89. The molecule has 2 atom stereocenters. The number of hydrogen-bond donors (Lipinski definition) is 2. The standard InChI is InChI=1S/C18H21ClN2O4S/c1-12(14-7-5-4-6-8-14)20-18(22)13(2)21-26(23,24)15-9-10-17(25-3)16(19)11-15/h4-13,21H,1-3H3,(H,20,22)/t12-,13-/m0/s1. The molecule has 6 nitrogen and oxygen atoms in total. The third-order valence-electron chi connectivity index (χ3n) is 3.82. The Morgan fingerprint density at radius 3 is 2.35 bits per heavy atom. The lowest BCUT2D eigenvalue weighted by Gasteiger charge is -2.19. The van der Waals surface area contributed by atoms with Crippen LogP contribution >= 0.6 is 11.6 Å². The molecule has 0 saturated carbocycles. The average Bonchev–Trinajstić information content (AvgIpc) is 2.61. The molecule has 2 N–H and O–H groups in total. The fraction of sp³-hybridized carbons (Fsp3) is 0.278. The molecule has 0 heterocycles. The topological polar surface area (TPSA) is 84.5 Å². The molecular formula is C18H21ClN2O4S. The summed E-state index contributed by atoms with van der Waals surface area (Å²) in [5.41, 5.74) is 0.929. The molecule has 0 aliphatic heterocycles. The van der Waals surface area contributed by atoms with E-state index in [9.17, 15) is 13.2 Å². The van der Waals surface area contributed by atoms with E-state index in [-0.39, 0.29) is 16.0 Å². The summed E-state index contributed by atoms with van der Waals surface area (Å²) in [4.78, 5) is 12.3. The number of methoxy groups -OCH3 is 1. The molecule has 0 aliphatic carbocycles. The van der Waals surface area contributed by atoms with Crippen molar-refractivity contribution in [3.63, 3.8) is 0 Å². The molecule has 0 spiro atoms. The Morgan fingerprint density at radius 2 is 1.77 bits per heavy atom. The number of carbonyl (C=O) groups is 1. The number of amides is 1. The molecule has 0 fully saturated rings. The summed E-state index contributed by atoms with van der Waals surface area (Å²) < 4.78 is 32.3. The van der Waals surface area contributed by atoms with Gasteiger partial charge in [-0.15, -0.1) is 0 Å². The molecule has 0 aliphatic rings. The summed E-state index contributed by atoms with van der Waals surface area (Å²) in [6, 6.07) is 12.3. The van der Waals surface area contributed by atoms with Gasteiger partial charge in [0.2, 0.25) is 15.9 Å². The largest absolute Gasteiger partial charge is 0.495 e. The predicted octanol–water partition coefficient (Wildman–Crippen LogP) is 2.89. The summed E-state index contributed by atoms with van der Waals surface area (Å²) in [7, 11) is -2.46. The fourth-order valence-electron chi connectivity index (χ4n) is 2.33. The van der Waals surface area contributed by atoms with Gasteiger partial charge in [0.15, 0.2) is 0 Å². The smallest absolute Gasteiger partial charge is 0.241 e. The number of rotatable bonds is 7. The van der Waals surface area contributed by atoms with Gasteiger partial charge in [0.1, 0.15) is 5.75 Å². The maximum atomic E-state index is 12.5. The quantitative estimate of drug-likeness (QED) is 0.753. The van der Waals surface area contributed by atoms with Crippen molar-refractivity contribution in [1.82, 2.24) is 10.0 Å². The Hall–Kier alpha value is -2.09. The maximum absolute atomic E-state index is 12.5. The molecule has 0 aromatic heterocycles. The van der Waals surface area contributed by atoms with Crippen molar-refractivity contribution in [2.45, 2.75) is 30.8 Å². The number of halogens is 1. The molecule has 8 heteroatoms. The lowest BCUT2D eigenvalue weighted by atomic mass is 10.1. The van der Waals surface area contributed by atoms with Crippen molar-refractivity contribution >= 4 is 27.5 Å². The molecule has 0 unspecified atom stereocenters. The molecule has 2 rings (SSSR count). The van der Waals surface area contributed by atoms with Crippen LogP contribution in [0.1, 0.15) is 25.5 Å². The van der Waals surface area contributed by atoms with Crippen LogP contribution in [0.4, 0.5) is 0 Å². The van der Waals surface area contributed by atoms with E-state index < -0.39 is 22.0 Å². The highest BCUT2D eigenvalue weighted by Gasteiger charge is 2.24. The monoisotopic (exact) mass is 396 g/mol. The Labute approximate surface area is 158 Å². The first-order valence-electron chi connectivity index (χ1n) is 7.96. The third-order valence-corrected chi connectivity index (χ3v) is 5.65. The second-order valence-corrected chi connectivity index (χ2v) is 7.90. The second-order valence-electron chi connectivity index (χ2n) is 5.78. The van der Waals surface area contributed by atoms with Crippen LogP contribution < -0.4 is 14.8 Å². The van der Waals surface area contributed by atoms with Crippen LogP contribution in [0.5, 0.6) is 5.75 Å². The van der Waals surface area contributed by atoms with Gasteiger partial charge in [-0.1, -0.05) is 41.9 Å². The summed E-state index contributed by atoms with van der Waals surface area (Å²) >= 11 is 5.97. The van der Waals surface area contributed by atoms with Crippen LogP contribution in [-0.4, -0.2) is 27.5 Å². The van der Waals surface area contributed by atoms with E-state index in [1.807, 2.05) is 37.3 Å². The lowest BCUT2D eigenvalue weighted by molar-refractivity contribution is -0.123. The summed E-state index contributed by atoms with van der Waals surface area (Å²) in [6.45, 7) is 3.31. The minimum Gasteiger partial charge on any atom is -0.495 e. The van der Waals surface area contributed by atoms with Crippen molar-refractivity contribution in [3.05, 3.63) is 59.1 Å². The number of ether oxygens (including phenoxy) is 1. The van der Waals surface area contributed by atoms with Gasteiger partial charge >= 0.3 is 0 Å². The zero-order chi connectivity index (χ0) is 19.3. The predicted molar refractivity (Wildman–Crippen MR) is 101 cm³/mol. The number of hydrogen-bond acceptors (Lipinski definition) is 4. The van der Waals surface area contributed by atoms with E-state index in [0.29, 0.717) is 5.75 Å². The molecule has 2 aromatic rings. The van der Waals surface area contributed by atoms with E-state index in [4.69, 9.17) is 16.3 Å². The van der Waals surface area contributed by atoms with Crippen LogP contribution in [0.2, 0.25) is 5.02 Å². The first kappa shape index (κ1) is 20.2. The Kier molecular flexibility index (Phi) is 6.63. The minimum absolute atomic E-state index is 0.0425. The Balaban J connectivity index is 2.06. The van der Waals surface area contributed by atoms with E-state index in [1.165, 1.54) is 32.2 Å². The third kappa shape index (κ3) is 4.97. The van der Waals surface area contributed by atoms with Crippen molar-refractivity contribution in [1.29, 1.82) is 0 Å². The van der Waals surface area contributed by atoms with Gasteiger partial charge in [-0.05, 0) is 37.6 Å². The number of nitrogens with one attached hydrogen (secondary N) is 2. The highest BCUT2D eigenvalue weighted by atomic mass is 35.5. The SMILES string of the molecule is COc1ccc(S(=O)(=O)N[C@@H](C)C(=O)N[C@@H](C)c2ccccc2)cc1Cl. The first-order chi connectivity index (χ1) is 12.2. The maximum Gasteiger partial charge on any atom is 0.241 e. The molecule has 26 heavy (non-hydrogen) atoms. The van der Waals surface area contributed by atoms with Gasteiger partial charge in [0, 0.05) is 0 Å². The van der Waals surface area contributed by atoms with Gasteiger partial charge < -0.3 is 10.1 Å². The average molecular weight is 397 g/mol. The molecule has 140 valence electrons. The van der Waals surface area contributed by atoms with E-state index in [0.717, 1.165) is 5.56 Å². The van der Waals surface area contributed by atoms with Crippen molar-refractivity contribution < 1.29 is 17.9 Å². The summed E-state index contributed by atoms with van der Waals surface area (Å²) in [6.07, 6.45) is 0. The normalized spacial score (nSPS) is 13.7. The molecule has 0 bridgehead atoms. The van der Waals surface area contributed by atoms with E-state index in [2.05, 4.69) is 10.0 Å². The van der Waals surface area contributed by atoms with Gasteiger partial charge in [-0.25, -0.2) is 8.42 Å². The fourth-order valence-corrected chi connectivity index (χ4v) is 3.88. The van der Waals surface area contributed by atoms with Crippen LogP contribution in [-0.2, 0) is 14.8 Å². The van der Waals surface area contributed by atoms with Gasteiger partial charge in [-0.2, -0.15) is 4.72 Å². The Bertz CT molecular complexity index is 872. The zero-order valence-electron chi connectivity index (χ0n) is 14.7. The number of benzene rings is 2. The second kappa shape index (κ2) is 8.53.